The van der Waals surface area contributed by atoms with Gasteiger partial charge in [0.15, 0.2) is 11.5 Å². The molecule has 0 amide bonds. The number of fused-ring (bicyclic) bond motifs is 3. The van der Waals surface area contributed by atoms with Crippen LogP contribution in [0.2, 0.25) is 5.02 Å². The Morgan fingerprint density at radius 3 is 2.58 bits per heavy atom. The zero-order valence-electron chi connectivity index (χ0n) is 18.7. The summed E-state index contributed by atoms with van der Waals surface area (Å²) in [5, 5.41) is 7.60. The maximum absolute atomic E-state index is 6.47. The van der Waals surface area contributed by atoms with E-state index in [1.54, 1.807) is 14.2 Å². The highest BCUT2D eigenvalue weighted by molar-refractivity contribution is 6.32. The molecular weight excluding hydrogens is 440 g/mol. The van der Waals surface area contributed by atoms with E-state index in [4.69, 9.17) is 35.6 Å². The van der Waals surface area contributed by atoms with Gasteiger partial charge in [0.2, 0.25) is 6.23 Å². The summed E-state index contributed by atoms with van der Waals surface area (Å²) in [4.78, 5) is 0. The van der Waals surface area contributed by atoms with Crippen LogP contribution in [0.5, 0.6) is 23.0 Å². The summed E-state index contributed by atoms with van der Waals surface area (Å²) in [6.07, 6.45) is 0.263. The van der Waals surface area contributed by atoms with E-state index in [1.807, 2.05) is 66.5 Å². The molecule has 0 fully saturated rings. The molecule has 0 spiro atoms. The van der Waals surface area contributed by atoms with Crippen LogP contribution < -0.4 is 18.9 Å². The Balaban J connectivity index is 1.59. The van der Waals surface area contributed by atoms with Gasteiger partial charge in [-0.2, -0.15) is 5.10 Å². The largest absolute Gasteiger partial charge is 0.493 e. The van der Waals surface area contributed by atoms with Crippen molar-refractivity contribution in [1.29, 1.82) is 0 Å². The van der Waals surface area contributed by atoms with Crippen molar-refractivity contribution in [2.24, 2.45) is 5.10 Å². The van der Waals surface area contributed by atoms with Crippen LogP contribution in [0.1, 0.15) is 42.3 Å². The number of hydrogen-bond donors (Lipinski definition) is 0. The fourth-order valence-electron chi connectivity index (χ4n) is 4.47. The molecule has 0 bridgehead atoms. The summed E-state index contributed by atoms with van der Waals surface area (Å²) in [6.45, 7) is 2.50. The topological polar surface area (TPSA) is 52.5 Å². The zero-order chi connectivity index (χ0) is 22.9. The Morgan fingerprint density at radius 2 is 1.82 bits per heavy atom. The van der Waals surface area contributed by atoms with Crippen molar-refractivity contribution in [3.05, 3.63) is 82.4 Å². The first-order valence-electron chi connectivity index (χ1n) is 10.9. The summed E-state index contributed by atoms with van der Waals surface area (Å²) in [5.74, 6) is 2.80. The molecule has 7 heteroatoms. The first-order chi connectivity index (χ1) is 16.1. The number of para-hydroxylation sites is 2. The predicted octanol–water partition coefficient (Wildman–Crippen LogP) is 6.00. The van der Waals surface area contributed by atoms with Gasteiger partial charge in [-0.25, -0.2) is 5.01 Å². The first-order valence-corrected chi connectivity index (χ1v) is 11.3. The van der Waals surface area contributed by atoms with Crippen LogP contribution in [-0.4, -0.2) is 31.5 Å². The third-order valence-electron chi connectivity index (χ3n) is 5.96. The number of ether oxygens (including phenoxy) is 4. The minimum absolute atomic E-state index is 0.0243. The monoisotopic (exact) mass is 464 g/mol. The van der Waals surface area contributed by atoms with Crippen molar-refractivity contribution in [3.8, 4) is 23.0 Å². The molecule has 33 heavy (non-hydrogen) atoms. The average molecular weight is 465 g/mol. The molecule has 6 nitrogen and oxygen atoms in total. The number of halogens is 1. The SMILES string of the molecule is CCOc1ccc(C2=NN3C(C2)c2ccccc2OC3c2cccc(OC)c2OC)cc1Cl. The van der Waals surface area contributed by atoms with E-state index >= 15 is 0 Å². The summed E-state index contributed by atoms with van der Waals surface area (Å²) in [6, 6.07) is 19.7. The maximum Gasteiger partial charge on any atom is 0.217 e. The van der Waals surface area contributed by atoms with E-state index in [9.17, 15) is 0 Å². The van der Waals surface area contributed by atoms with E-state index in [-0.39, 0.29) is 6.04 Å². The molecule has 170 valence electrons. The van der Waals surface area contributed by atoms with Gasteiger partial charge in [-0.3, -0.25) is 0 Å². The molecule has 2 aliphatic rings. The number of methoxy groups -OCH3 is 2. The summed E-state index contributed by atoms with van der Waals surface area (Å²) in [5.41, 5.74) is 3.86. The molecule has 0 N–H and O–H groups in total. The van der Waals surface area contributed by atoms with Gasteiger partial charge in [-0.1, -0.05) is 35.9 Å². The molecule has 2 aliphatic heterocycles. The molecule has 0 saturated carbocycles. The Labute approximate surface area is 198 Å². The predicted molar refractivity (Wildman–Crippen MR) is 128 cm³/mol. The highest BCUT2D eigenvalue weighted by Crippen LogP contribution is 2.50. The minimum atomic E-state index is -0.467. The smallest absolute Gasteiger partial charge is 0.217 e. The molecule has 3 aromatic rings. The second-order valence-corrected chi connectivity index (χ2v) is 8.22. The van der Waals surface area contributed by atoms with E-state index in [2.05, 4.69) is 6.07 Å². The lowest BCUT2D eigenvalue weighted by atomic mass is 9.95. The highest BCUT2D eigenvalue weighted by Gasteiger charge is 2.42. The number of benzene rings is 3. The van der Waals surface area contributed by atoms with Crippen LogP contribution in [0.4, 0.5) is 0 Å². The number of nitrogens with zero attached hydrogens (tertiary/aromatic N) is 2. The molecule has 0 aromatic heterocycles. The molecule has 5 rings (SSSR count). The molecular formula is C26H25ClN2O4. The number of hydrazone groups is 1. The van der Waals surface area contributed by atoms with Crippen molar-refractivity contribution in [1.82, 2.24) is 5.01 Å². The van der Waals surface area contributed by atoms with Crippen molar-refractivity contribution < 1.29 is 18.9 Å². The summed E-state index contributed by atoms with van der Waals surface area (Å²) < 4.78 is 23.3. The Hall–Kier alpha value is -3.38. The lowest BCUT2D eigenvalue weighted by Crippen LogP contribution is -2.34. The molecule has 0 saturated heterocycles. The van der Waals surface area contributed by atoms with Crippen LogP contribution in [0, 0.1) is 0 Å². The Bertz CT molecular complexity index is 1210. The lowest BCUT2D eigenvalue weighted by molar-refractivity contribution is -0.0205. The van der Waals surface area contributed by atoms with Gasteiger partial charge in [0, 0.05) is 12.0 Å². The third-order valence-corrected chi connectivity index (χ3v) is 6.26. The summed E-state index contributed by atoms with van der Waals surface area (Å²) in [7, 11) is 3.26. The molecule has 2 atom stereocenters. The second kappa shape index (κ2) is 8.87. The first kappa shape index (κ1) is 21.5. The van der Waals surface area contributed by atoms with Gasteiger partial charge in [0.1, 0.15) is 11.5 Å². The highest BCUT2D eigenvalue weighted by atomic mass is 35.5. The van der Waals surface area contributed by atoms with Crippen molar-refractivity contribution in [2.75, 3.05) is 20.8 Å². The van der Waals surface area contributed by atoms with Crippen molar-refractivity contribution in [3.63, 3.8) is 0 Å². The van der Waals surface area contributed by atoms with Crippen molar-refractivity contribution in [2.45, 2.75) is 25.6 Å². The van der Waals surface area contributed by atoms with Crippen LogP contribution in [0.25, 0.3) is 0 Å². The van der Waals surface area contributed by atoms with E-state index < -0.39 is 6.23 Å². The zero-order valence-corrected chi connectivity index (χ0v) is 19.5. The molecule has 2 unspecified atom stereocenters. The van der Waals surface area contributed by atoms with Gasteiger partial charge in [0.05, 0.1) is 43.2 Å². The normalized spacial score (nSPS) is 18.7. The van der Waals surface area contributed by atoms with Gasteiger partial charge in [0.25, 0.3) is 0 Å². The maximum atomic E-state index is 6.47. The molecule has 0 aliphatic carbocycles. The summed E-state index contributed by atoms with van der Waals surface area (Å²) >= 11 is 6.47. The number of rotatable bonds is 6. The lowest BCUT2D eigenvalue weighted by Gasteiger charge is -2.38. The van der Waals surface area contributed by atoms with Crippen LogP contribution in [0.15, 0.2) is 65.8 Å². The third kappa shape index (κ3) is 3.74. The van der Waals surface area contributed by atoms with Gasteiger partial charge in [-0.05, 0) is 48.9 Å². The van der Waals surface area contributed by atoms with Gasteiger partial charge >= 0.3 is 0 Å². The number of hydrogen-bond acceptors (Lipinski definition) is 6. The molecule has 2 heterocycles. The Kier molecular flexibility index (Phi) is 5.77. The van der Waals surface area contributed by atoms with Crippen molar-refractivity contribution >= 4 is 17.3 Å². The quantitative estimate of drug-likeness (QED) is 0.448. The van der Waals surface area contributed by atoms with Gasteiger partial charge in [-0.15, -0.1) is 0 Å². The van der Waals surface area contributed by atoms with Crippen LogP contribution >= 0.6 is 11.6 Å². The Morgan fingerprint density at radius 1 is 1.00 bits per heavy atom. The van der Waals surface area contributed by atoms with Crippen LogP contribution in [-0.2, 0) is 0 Å². The molecule has 0 radical (unpaired) electrons. The second-order valence-electron chi connectivity index (χ2n) is 7.82. The fourth-order valence-corrected chi connectivity index (χ4v) is 4.71. The van der Waals surface area contributed by atoms with Crippen LogP contribution in [0.3, 0.4) is 0 Å². The van der Waals surface area contributed by atoms with E-state index in [0.29, 0.717) is 28.9 Å². The van der Waals surface area contributed by atoms with E-state index in [1.165, 1.54) is 0 Å². The fraction of sp³-hybridized carbons (Fsp3) is 0.269. The average Bonchev–Trinajstić information content (AvgIpc) is 3.30. The van der Waals surface area contributed by atoms with Gasteiger partial charge < -0.3 is 18.9 Å². The van der Waals surface area contributed by atoms with E-state index in [0.717, 1.165) is 34.6 Å². The molecule has 3 aromatic carbocycles. The minimum Gasteiger partial charge on any atom is -0.493 e. The standard InChI is InChI=1S/C26H25ClN2O4/c1-4-32-23-13-12-16(14-19(23)27)20-15-21-17-8-5-6-10-22(17)33-26(29(21)28-20)18-9-7-11-24(30-2)25(18)31-3/h5-14,21,26H,4,15H2,1-3H3.